The Balaban J connectivity index is 1.75. The molecule has 1 saturated carbocycles. The fourth-order valence-corrected chi connectivity index (χ4v) is 3.24. The van der Waals surface area contributed by atoms with E-state index in [4.69, 9.17) is 0 Å². The van der Waals surface area contributed by atoms with Crippen molar-refractivity contribution >= 4 is 16.9 Å². The largest absolute Gasteiger partial charge is 0.352 e. The number of fused-ring (bicyclic) bond motifs is 1. The standard InChI is InChI=1S/C17H23N3O/c1-2-16-19-14-10-6-7-11-15(14)20(16)12-17(21)18-13-8-4-3-5-9-13/h6-7,10-11,13H,2-5,8-9,12H2,1H3,(H,18,21). The highest BCUT2D eigenvalue weighted by atomic mass is 16.2. The quantitative estimate of drug-likeness (QED) is 0.938. The van der Waals surface area contributed by atoms with Gasteiger partial charge in [0.25, 0.3) is 0 Å². The molecule has 0 aliphatic heterocycles. The van der Waals surface area contributed by atoms with Gasteiger partial charge >= 0.3 is 0 Å². The summed E-state index contributed by atoms with van der Waals surface area (Å²) < 4.78 is 2.05. The summed E-state index contributed by atoms with van der Waals surface area (Å²) in [6.07, 6.45) is 6.86. The lowest BCUT2D eigenvalue weighted by atomic mass is 9.95. The summed E-state index contributed by atoms with van der Waals surface area (Å²) in [5, 5.41) is 3.19. The fraction of sp³-hybridized carbons (Fsp3) is 0.529. The molecule has 1 aromatic heterocycles. The van der Waals surface area contributed by atoms with Crippen LogP contribution in [0.3, 0.4) is 0 Å². The first-order valence-electron chi connectivity index (χ1n) is 8.01. The van der Waals surface area contributed by atoms with Crippen molar-refractivity contribution in [2.45, 2.75) is 58.0 Å². The Hall–Kier alpha value is -1.84. The number of hydrogen-bond donors (Lipinski definition) is 1. The predicted octanol–water partition coefficient (Wildman–Crippen LogP) is 3.05. The average molecular weight is 285 g/mol. The van der Waals surface area contributed by atoms with Crippen molar-refractivity contribution < 1.29 is 4.79 Å². The summed E-state index contributed by atoms with van der Waals surface area (Å²) in [6.45, 7) is 2.46. The van der Waals surface area contributed by atoms with Crippen LogP contribution in [0, 0.1) is 0 Å². The zero-order valence-corrected chi connectivity index (χ0v) is 12.6. The van der Waals surface area contributed by atoms with Gasteiger partial charge in [-0.05, 0) is 25.0 Å². The number of nitrogens with one attached hydrogen (secondary N) is 1. The first kappa shape index (κ1) is 14.1. The highest BCUT2D eigenvalue weighted by Crippen LogP contribution is 2.18. The average Bonchev–Trinajstić information content (AvgIpc) is 2.86. The van der Waals surface area contributed by atoms with Gasteiger partial charge in [-0.25, -0.2) is 4.98 Å². The van der Waals surface area contributed by atoms with Gasteiger partial charge in [0.15, 0.2) is 0 Å². The van der Waals surface area contributed by atoms with Crippen LogP contribution in [0.15, 0.2) is 24.3 Å². The number of imidazole rings is 1. The molecule has 2 aromatic rings. The van der Waals surface area contributed by atoms with Crippen LogP contribution in [0.4, 0.5) is 0 Å². The number of hydrogen-bond acceptors (Lipinski definition) is 2. The molecular formula is C17H23N3O. The van der Waals surface area contributed by atoms with E-state index in [9.17, 15) is 4.79 Å². The zero-order chi connectivity index (χ0) is 14.7. The van der Waals surface area contributed by atoms with E-state index in [-0.39, 0.29) is 5.91 Å². The molecule has 1 aromatic carbocycles. The fourth-order valence-electron chi connectivity index (χ4n) is 3.24. The normalized spacial score (nSPS) is 16.2. The molecule has 4 nitrogen and oxygen atoms in total. The molecule has 1 heterocycles. The maximum Gasteiger partial charge on any atom is 0.240 e. The van der Waals surface area contributed by atoms with Crippen LogP contribution >= 0.6 is 0 Å². The van der Waals surface area contributed by atoms with Crippen molar-refractivity contribution in [3.8, 4) is 0 Å². The summed E-state index contributed by atoms with van der Waals surface area (Å²) >= 11 is 0. The zero-order valence-electron chi connectivity index (χ0n) is 12.6. The van der Waals surface area contributed by atoms with Crippen LogP contribution in [0.25, 0.3) is 11.0 Å². The maximum absolute atomic E-state index is 12.3. The minimum atomic E-state index is 0.111. The van der Waals surface area contributed by atoms with Crippen LogP contribution in [0.1, 0.15) is 44.9 Å². The molecule has 21 heavy (non-hydrogen) atoms. The van der Waals surface area contributed by atoms with E-state index in [1.165, 1.54) is 19.3 Å². The van der Waals surface area contributed by atoms with Gasteiger partial charge in [-0.2, -0.15) is 0 Å². The van der Waals surface area contributed by atoms with Crippen LogP contribution < -0.4 is 5.32 Å². The van der Waals surface area contributed by atoms with Gasteiger partial charge in [0.05, 0.1) is 11.0 Å². The summed E-state index contributed by atoms with van der Waals surface area (Å²) in [5.41, 5.74) is 2.02. The lowest BCUT2D eigenvalue weighted by Crippen LogP contribution is -2.38. The SMILES string of the molecule is CCc1nc2ccccc2n1CC(=O)NC1CCCCC1. The molecule has 1 aliphatic rings. The van der Waals surface area contributed by atoms with Crippen LogP contribution in [0.2, 0.25) is 0 Å². The van der Waals surface area contributed by atoms with Gasteiger partial charge < -0.3 is 9.88 Å². The number of para-hydroxylation sites is 2. The number of carbonyl (C=O) groups is 1. The summed E-state index contributed by atoms with van der Waals surface area (Å²) in [6, 6.07) is 8.39. The highest BCUT2D eigenvalue weighted by molar-refractivity contribution is 5.81. The number of carbonyl (C=O) groups excluding carboxylic acids is 1. The first-order chi connectivity index (χ1) is 10.3. The van der Waals surface area contributed by atoms with E-state index in [1.54, 1.807) is 0 Å². The second-order valence-corrected chi connectivity index (χ2v) is 5.86. The van der Waals surface area contributed by atoms with Crippen LogP contribution in [0.5, 0.6) is 0 Å². The Morgan fingerprint density at radius 3 is 2.81 bits per heavy atom. The maximum atomic E-state index is 12.3. The van der Waals surface area contributed by atoms with E-state index in [2.05, 4.69) is 17.2 Å². The molecule has 4 heteroatoms. The molecule has 0 saturated heterocycles. The number of nitrogens with zero attached hydrogens (tertiary/aromatic N) is 2. The predicted molar refractivity (Wildman–Crippen MR) is 84.1 cm³/mol. The Kier molecular flexibility index (Phi) is 4.23. The molecule has 1 fully saturated rings. The molecule has 112 valence electrons. The number of aryl methyl sites for hydroxylation is 1. The topological polar surface area (TPSA) is 46.9 Å². The molecular weight excluding hydrogens is 262 g/mol. The second-order valence-electron chi connectivity index (χ2n) is 5.86. The van der Waals surface area contributed by atoms with E-state index in [1.807, 2.05) is 28.8 Å². The Morgan fingerprint density at radius 1 is 1.29 bits per heavy atom. The van der Waals surface area contributed by atoms with Gasteiger partial charge in [-0.3, -0.25) is 4.79 Å². The smallest absolute Gasteiger partial charge is 0.240 e. The Bertz CT molecular complexity index is 626. The highest BCUT2D eigenvalue weighted by Gasteiger charge is 2.17. The summed E-state index contributed by atoms with van der Waals surface area (Å²) in [5.74, 6) is 1.09. The minimum absolute atomic E-state index is 0.111. The molecule has 0 radical (unpaired) electrons. The van der Waals surface area contributed by atoms with Gasteiger partial charge in [-0.1, -0.05) is 38.3 Å². The number of benzene rings is 1. The number of amides is 1. The van der Waals surface area contributed by atoms with Crippen molar-refractivity contribution in [1.82, 2.24) is 14.9 Å². The molecule has 0 unspecified atom stereocenters. The monoisotopic (exact) mass is 285 g/mol. The van der Waals surface area contributed by atoms with Crippen molar-refractivity contribution in [3.05, 3.63) is 30.1 Å². The summed E-state index contributed by atoms with van der Waals surface area (Å²) in [7, 11) is 0. The van der Waals surface area contributed by atoms with E-state index >= 15 is 0 Å². The van der Waals surface area contributed by atoms with Gasteiger partial charge in [0.2, 0.25) is 5.91 Å². The van der Waals surface area contributed by atoms with E-state index in [0.717, 1.165) is 36.1 Å². The molecule has 1 amide bonds. The first-order valence-corrected chi connectivity index (χ1v) is 8.01. The van der Waals surface area contributed by atoms with Gasteiger partial charge in [0.1, 0.15) is 12.4 Å². The van der Waals surface area contributed by atoms with Crippen molar-refractivity contribution in [1.29, 1.82) is 0 Å². The summed E-state index contributed by atoms with van der Waals surface area (Å²) in [4.78, 5) is 16.9. The molecule has 0 atom stereocenters. The molecule has 0 bridgehead atoms. The van der Waals surface area contributed by atoms with Crippen molar-refractivity contribution in [2.75, 3.05) is 0 Å². The van der Waals surface area contributed by atoms with E-state index in [0.29, 0.717) is 12.6 Å². The lowest BCUT2D eigenvalue weighted by molar-refractivity contribution is -0.122. The molecule has 1 N–H and O–H groups in total. The molecule has 3 rings (SSSR count). The lowest BCUT2D eigenvalue weighted by Gasteiger charge is -2.23. The Labute approximate surface area is 125 Å². The van der Waals surface area contributed by atoms with Crippen LogP contribution in [-0.2, 0) is 17.8 Å². The van der Waals surface area contributed by atoms with Gasteiger partial charge in [0, 0.05) is 12.5 Å². The van der Waals surface area contributed by atoms with Crippen molar-refractivity contribution in [3.63, 3.8) is 0 Å². The van der Waals surface area contributed by atoms with E-state index < -0.39 is 0 Å². The second kappa shape index (κ2) is 6.29. The Morgan fingerprint density at radius 2 is 2.05 bits per heavy atom. The molecule has 0 spiro atoms. The third-order valence-electron chi connectivity index (χ3n) is 4.32. The third kappa shape index (κ3) is 3.09. The molecule has 1 aliphatic carbocycles. The minimum Gasteiger partial charge on any atom is -0.352 e. The third-order valence-corrected chi connectivity index (χ3v) is 4.32. The number of rotatable bonds is 4. The van der Waals surface area contributed by atoms with Gasteiger partial charge in [-0.15, -0.1) is 0 Å². The number of aromatic nitrogens is 2. The van der Waals surface area contributed by atoms with Crippen molar-refractivity contribution in [2.24, 2.45) is 0 Å². The van der Waals surface area contributed by atoms with Crippen LogP contribution in [-0.4, -0.2) is 21.5 Å².